The van der Waals surface area contributed by atoms with E-state index in [-0.39, 0.29) is 18.0 Å². The summed E-state index contributed by atoms with van der Waals surface area (Å²) in [4.78, 5) is 9.30. The molecule has 0 aliphatic carbocycles. The van der Waals surface area contributed by atoms with Gasteiger partial charge in [0.25, 0.3) is 10.0 Å². The number of rotatable bonds is 9. The summed E-state index contributed by atoms with van der Waals surface area (Å²) in [6, 6.07) is 11.9. The van der Waals surface area contributed by atoms with Gasteiger partial charge in [-0.25, -0.2) is 17.7 Å². The van der Waals surface area contributed by atoms with Gasteiger partial charge in [0.15, 0.2) is 0 Å². The molecule has 0 spiro atoms. The van der Waals surface area contributed by atoms with Gasteiger partial charge in [0.1, 0.15) is 5.82 Å². The zero-order chi connectivity index (χ0) is 18.3. The van der Waals surface area contributed by atoms with Crippen molar-refractivity contribution in [1.29, 1.82) is 0 Å². The number of anilines is 1. The van der Waals surface area contributed by atoms with Gasteiger partial charge in [-0.2, -0.15) is 0 Å². The predicted molar refractivity (Wildman–Crippen MR) is 98.7 cm³/mol. The smallest absolute Gasteiger partial charge is 0.265 e. The van der Waals surface area contributed by atoms with Crippen LogP contribution < -0.4 is 4.31 Å². The van der Waals surface area contributed by atoms with E-state index < -0.39 is 10.0 Å². The van der Waals surface area contributed by atoms with Crippen LogP contribution in [0.2, 0.25) is 0 Å². The molecule has 0 unspecified atom stereocenters. The van der Waals surface area contributed by atoms with E-state index >= 15 is 0 Å². The van der Waals surface area contributed by atoms with Crippen LogP contribution in [-0.4, -0.2) is 30.7 Å². The molecule has 2 aromatic rings. The second-order valence-corrected chi connectivity index (χ2v) is 7.97. The van der Waals surface area contributed by atoms with Crippen LogP contribution in [0.4, 0.5) is 5.82 Å². The fourth-order valence-corrected chi connectivity index (χ4v) is 3.78. The van der Waals surface area contributed by atoms with Crippen LogP contribution >= 0.6 is 23.6 Å². The third-order valence-electron chi connectivity index (χ3n) is 3.46. The highest BCUT2D eigenvalue weighted by Crippen LogP contribution is 2.22. The Labute approximate surface area is 158 Å². The Morgan fingerprint density at radius 3 is 2.40 bits per heavy atom. The van der Waals surface area contributed by atoms with E-state index in [9.17, 15) is 8.42 Å². The van der Waals surface area contributed by atoms with Crippen molar-refractivity contribution in [3.05, 3.63) is 54.2 Å². The number of halogens is 2. The number of hydrogen-bond acceptors (Lipinski definition) is 5. The van der Waals surface area contributed by atoms with E-state index in [2.05, 4.69) is 4.98 Å². The summed E-state index contributed by atoms with van der Waals surface area (Å²) >= 11 is 10.7. The standard InChI is InChI=1S/C16H19Cl2N3O3S/c1-14-7-9-15(10-8-14)25(22,23)20(16-6-2-3-11-19-16)12-4-5-13-24-21(17)18/h2-3,6-11H,4-5,12-13H2,1H3. The summed E-state index contributed by atoms with van der Waals surface area (Å²) in [5.41, 5.74) is 0.993. The lowest BCUT2D eigenvalue weighted by Crippen LogP contribution is -2.33. The number of hydrogen-bond donors (Lipinski definition) is 0. The van der Waals surface area contributed by atoms with Gasteiger partial charge in [0, 0.05) is 36.3 Å². The molecule has 0 N–H and O–H groups in total. The topological polar surface area (TPSA) is 62.7 Å². The van der Waals surface area contributed by atoms with Gasteiger partial charge in [0.05, 0.1) is 11.5 Å². The highest BCUT2D eigenvalue weighted by molar-refractivity contribution is 7.92. The summed E-state index contributed by atoms with van der Waals surface area (Å²) in [5, 5.41) is 0. The molecule has 2 rings (SSSR count). The van der Waals surface area contributed by atoms with Crippen LogP contribution in [0, 0.1) is 6.92 Å². The molecule has 25 heavy (non-hydrogen) atoms. The number of sulfonamides is 1. The minimum absolute atomic E-state index is 0.229. The Morgan fingerprint density at radius 1 is 1.08 bits per heavy atom. The molecule has 0 fully saturated rings. The number of unbranched alkanes of at least 4 members (excludes halogenated alkanes) is 1. The first-order chi connectivity index (χ1) is 11.9. The van der Waals surface area contributed by atoms with Crippen LogP contribution in [0.1, 0.15) is 18.4 Å². The summed E-state index contributed by atoms with van der Waals surface area (Å²) in [6.07, 6.45) is 2.71. The molecule has 0 saturated heterocycles. The quantitative estimate of drug-likeness (QED) is 0.360. The number of nitrogens with zero attached hydrogens (tertiary/aromatic N) is 3. The minimum Gasteiger partial charge on any atom is -0.269 e. The molecular formula is C16H19Cl2N3O3S. The molecule has 0 atom stereocenters. The number of benzene rings is 1. The fraction of sp³-hybridized carbons (Fsp3) is 0.312. The predicted octanol–water partition coefficient (Wildman–Crippen LogP) is 3.91. The lowest BCUT2D eigenvalue weighted by atomic mass is 10.2. The van der Waals surface area contributed by atoms with Gasteiger partial charge in [0.2, 0.25) is 0 Å². The molecule has 0 amide bonds. The second-order valence-electron chi connectivity index (χ2n) is 5.32. The number of aromatic nitrogens is 1. The zero-order valence-electron chi connectivity index (χ0n) is 13.7. The Kier molecular flexibility index (Phi) is 7.46. The summed E-state index contributed by atoms with van der Waals surface area (Å²) in [5.74, 6) is 0.375. The van der Waals surface area contributed by atoms with Gasteiger partial charge in [-0.05, 0) is 48.1 Å². The maximum absolute atomic E-state index is 13.0. The fourth-order valence-electron chi connectivity index (χ4n) is 2.19. The SMILES string of the molecule is Cc1ccc(S(=O)(=O)N(CCCCON(Cl)Cl)c2ccccn2)cc1. The lowest BCUT2D eigenvalue weighted by Gasteiger charge is -2.23. The molecule has 0 radical (unpaired) electrons. The van der Waals surface area contributed by atoms with Crippen LogP contribution in [0.25, 0.3) is 0 Å². The first-order valence-corrected chi connectivity index (χ1v) is 9.78. The van der Waals surface area contributed by atoms with Gasteiger partial charge in [-0.1, -0.05) is 23.8 Å². The Morgan fingerprint density at radius 2 is 1.80 bits per heavy atom. The maximum Gasteiger partial charge on any atom is 0.265 e. The second kappa shape index (κ2) is 9.35. The third kappa shape index (κ3) is 5.83. The van der Waals surface area contributed by atoms with Crippen LogP contribution in [0.3, 0.4) is 0 Å². The van der Waals surface area contributed by atoms with Gasteiger partial charge < -0.3 is 0 Å². The van der Waals surface area contributed by atoms with Crippen molar-refractivity contribution in [2.45, 2.75) is 24.7 Å². The third-order valence-corrected chi connectivity index (χ3v) is 5.47. The Balaban J connectivity index is 2.18. The van der Waals surface area contributed by atoms with Crippen LogP contribution in [0.15, 0.2) is 53.6 Å². The summed E-state index contributed by atoms with van der Waals surface area (Å²) in [6.45, 7) is 2.46. The average molecular weight is 404 g/mol. The average Bonchev–Trinajstić information content (AvgIpc) is 2.58. The Bertz CT molecular complexity index is 756. The summed E-state index contributed by atoms with van der Waals surface area (Å²) in [7, 11) is -3.71. The highest BCUT2D eigenvalue weighted by Gasteiger charge is 2.25. The molecule has 1 heterocycles. The first-order valence-electron chi connectivity index (χ1n) is 7.66. The zero-order valence-corrected chi connectivity index (χ0v) is 16.0. The molecule has 1 aromatic heterocycles. The van der Waals surface area contributed by atoms with Gasteiger partial charge in [-0.3, -0.25) is 4.84 Å². The number of aryl methyl sites for hydroxylation is 1. The van der Waals surface area contributed by atoms with E-state index in [0.717, 1.165) is 5.56 Å². The molecule has 0 bridgehead atoms. The van der Waals surface area contributed by atoms with Crippen LogP contribution in [-0.2, 0) is 14.9 Å². The molecular weight excluding hydrogens is 385 g/mol. The lowest BCUT2D eigenvalue weighted by molar-refractivity contribution is -0.0143. The van der Waals surface area contributed by atoms with E-state index in [1.165, 1.54) is 4.31 Å². The largest absolute Gasteiger partial charge is 0.269 e. The van der Waals surface area contributed by atoms with Crippen molar-refractivity contribution >= 4 is 39.4 Å². The van der Waals surface area contributed by atoms with Crippen molar-refractivity contribution in [2.75, 3.05) is 17.5 Å². The normalized spacial score (nSPS) is 11.7. The summed E-state index contributed by atoms with van der Waals surface area (Å²) < 4.78 is 27.9. The van der Waals surface area contributed by atoms with Crippen molar-refractivity contribution in [2.24, 2.45) is 0 Å². The molecule has 136 valence electrons. The highest BCUT2D eigenvalue weighted by atomic mass is 35.5. The monoisotopic (exact) mass is 403 g/mol. The van der Waals surface area contributed by atoms with E-state index in [1.54, 1.807) is 48.7 Å². The Hall–Kier alpha value is -1.38. The van der Waals surface area contributed by atoms with E-state index in [0.29, 0.717) is 22.8 Å². The molecule has 0 aliphatic heterocycles. The van der Waals surface area contributed by atoms with Gasteiger partial charge in [-0.15, -0.1) is 0 Å². The molecule has 9 heteroatoms. The van der Waals surface area contributed by atoms with Gasteiger partial charge >= 0.3 is 0 Å². The minimum atomic E-state index is -3.71. The van der Waals surface area contributed by atoms with Crippen molar-refractivity contribution in [1.82, 2.24) is 9.09 Å². The first kappa shape index (κ1) is 19.9. The molecule has 6 nitrogen and oxygen atoms in total. The number of pyridine rings is 1. The van der Waals surface area contributed by atoms with E-state index in [4.69, 9.17) is 28.4 Å². The molecule has 0 saturated carbocycles. The molecule has 0 aliphatic rings. The van der Waals surface area contributed by atoms with Crippen molar-refractivity contribution in [3.63, 3.8) is 0 Å². The van der Waals surface area contributed by atoms with Crippen LogP contribution in [0.5, 0.6) is 0 Å². The van der Waals surface area contributed by atoms with Crippen molar-refractivity contribution < 1.29 is 13.3 Å². The molecule has 1 aromatic carbocycles. The van der Waals surface area contributed by atoms with Crippen molar-refractivity contribution in [3.8, 4) is 0 Å². The van der Waals surface area contributed by atoms with E-state index in [1.807, 2.05) is 6.92 Å². The maximum atomic E-state index is 13.0.